The number of carbonyl (C=O) groups excluding carboxylic acids is 1. The molecule has 0 spiro atoms. The van der Waals surface area contributed by atoms with E-state index in [2.05, 4.69) is 46.5 Å². The number of amides is 1. The van der Waals surface area contributed by atoms with Crippen molar-refractivity contribution in [1.29, 1.82) is 0 Å². The molecule has 1 aromatic heterocycles. The second-order valence-corrected chi connectivity index (χ2v) is 7.35. The molecule has 2 N–H and O–H groups in total. The minimum Gasteiger partial charge on any atom is -0.353 e. The Morgan fingerprint density at radius 3 is 2.60 bits per heavy atom. The van der Waals surface area contributed by atoms with E-state index in [0.717, 1.165) is 45.3 Å². The van der Waals surface area contributed by atoms with Gasteiger partial charge in [-0.25, -0.2) is 0 Å². The van der Waals surface area contributed by atoms with E-state index in [1.165, 1.54) is 5.56 Å². The van der Waals surface area contributed by atoms with Crippen molar-refractivity contribution in [3.05, 3.63) is 30.1 Å². The minimum absolute atomic E-state index is 0. The van der Waals surface area contributed by atoms with Crippen LogP contribution in [0.15, 0.2) is 24.5 Å². The number of pyridine rings is 1. The summed E-state index contributed by atoms with van der Waals surface area (Å²) in [6, 6.07) is 5.39. The van der Waals surface area contributed by atoms with Crippen LogP contribution in [0.25, 0.3) is 0 Å². The fourth-order valence-corrected chi connectivity index (χ4v) is 3.97. The number of carbonyl (C=O) groups is 1. The summed E-state index contributed by atoms with van der Waals surface area (Å²) < 4.78 is 0. The van der Waals surface area contributed by atoms with E-state index in [9.17, 15) is 4.79 Å². The van der Waals surface area contributed by atoms with Gasteiger partial charge in [-0.1, -0.05) is 0 Å². The van der Waals surface area contributed by atoms with Crippen LogP contribution in [-0.2, 0) is 4.79 Å². The van der Waals surface area contributed by atoms with Crippen molar-refractivity contribution in [3.8, 4) is 0 Å². The van der Waals surface area contributed by atoms with E-state index in [1.54, 1.807) is 0 Å². The molecule has 3 heterocycles. The van der Waals surface area contributed by atoms with Crippen molar-refractivity contribution in [2.75, 3.05) is 19.6 Å². The van der Waals surface area contributed by atoms with Crippen LogP contribution in [-0.4, -0.2) is 47.5 Å². The van der Waals surface area contributed by atoms with Crippen LogP contribution in [0.5, 0.6) is 0 Å². The topological polar surface area (TPSA) is 57.3 Å². The highest BCUT2D eigenvalue weighted by atomic mass is 35.5. The Labute approximate surface area is 157 Å². The summed E-state index contributed by atoms with van der Waals surface area (Å²) in [5.74, 6) is 0.457. The maximum absolute atomic E-state index is 12.5. The molecule has 0 radical (unpaired) electrons. The maximum Gasteiger partial charge on any atom is 0.223 e. The predicted molar refractivity (Wildman–Crippen MR) is 103 cm³/mol. The lowest BCUT2D eigenvalue weighted by atomic mass is 9.91. The molecule has 3 atom stereocenters. The molecule has 1 amide bonds. The summed E-state index contributed by atoms with van der Waals surface area (Å²) in [6.45, 7) is 7.46. The van der Waals surface area contributed by atoms with Crippen LogP contribution in [0.2, 0.25) is 0 Å². The first kappa shape index (κ1) is 20.1. The highest BCUT2D eigenvalue weighted by Crippen LogP contribution is 2.24. The van der Waals surface area contributed by atoms with Crippen molar-refractivity contribution in [1.82, 2.24) is 20.5 Å². The highest BCUT2D eigenvalue weighted by Gasteiger charge is 2.28. The van der Waals surface area contributed by atoms with Gasteiger partial charge in [0.25, 0.3) is 0 Å². The van der Waals surface area contributed by atoms with E-state index in [-0.39, 0.29) is 24.2 Å². The fraction of sp³-hybridized carbons (Fsp3) is 0.684. The molecular weight excluding hydrogens is 336 g/mol. The summed E-state index contributed by atoms with van der Waals surface area (Å²) in [6.07, 6.45) is 7.74. The number of halogens is 1. The van der Waals surface area contributed by atoms with Crippen LogP contribution >= 0.6 is 12.4 Å². The third-order valence-corrected chi connectivity index (χ3v) is 5.61. The molecule has 25 heavy (non-hydrogen) atoms. The van der Waals surface area contributed by atoms with Crippen molar-refractivity contribution in [2.24, 2.45) is 5.92 Å². The minimum atomic E-state index is 0. The lowest BCUT2D eigenvalue weighted by Crippen LogP contribution is -2.49. The Balaban J connectivity index is 0.00000225. The standard InChI is InChI=1S/C19H30N4O.ClH/c1-14-13-17(5-10-21-14)19(24)22-18-6-11-23(12-7-18)15(2)16-3-8-20-9-4-16;/h3-4,8-9,14-15,17-18,21H,5-7,10-13H2,1-2H3,(H,22,24);1H/t14-,15?,17-;/m0./s1. The maximum atomic E-state index is 12.5. The molecule has 0 aliphatic carbocycles. The van der Waals surface area contributed by atoms with Crippen molar-refractivity contribution in [3.63, 3.8) is 0 Å². The molecule has 5 nitrogen and oxygen atoms in total. The summed E-state index contributed by atoms with van der Waals surface area (Å²) in [4.78, 5) is 19.1. The van der Waals surface area contributed by atoms with E-state index in [1.807, 2.05) is 12.4 Å². The van der Waals surface area contributed by atoms with Crippen molar-refractivity contribution < 1.29 is 4.79 Å². The average molecular weight is 367 g/mol. The number of hydrogen-bond donors (Lipinski definition) is 2. The van der Waals surface area contributed by atoms with Crippen LogP contribution in [0.1, 0.15) is 51.1 Å². The predicted octanol–water partition coefficient (Wildman–Crippen LogP) is 2.53. The van der Waals surface area contributed by atoms with Gasteiger partial charge in [0, 0.05) is 49.5 Å². The number of aromatic nitrogens is 1. The molecular formula is C19H31ClN4O. The third kappa shape index (κ3) is 5.40. The number of hydrogen-bond acceptors (Lipinski definition) is 4. The Kier molecular flexibility index (Phi) is 7.66. The normalized spacial score (nSPS) is 26.5. The van der Waals surface area contributed by atoms with Gasteiger partial charge in [0.15, 0.2) is 0 Å². The van der Waals surface area contributed by atoms with Crippen LogP contribution in [0.4, 0.5) is 0 Å². The number of rotatable bonds is 4. The summed E-state index contributed by atoms with van der Waals surface area (Å²) in [7, 11) is 0. The molecule has 0 saturated carbocycles. The molecule has 6 heteroatoms. The van der Waals surface area contributed by atoms with Gasteiger partial charge in [0.1, 0.15) is 0 Å². The smallest absolute Gasteiger partial charge is 0.223 e. The first-order valence-electron chi connectivity index (χ1n) is 9.31. The van der Waals surface area contributed by atoms with Crippen LogP contribution in [0.3, 0.4) is 0 Å². The number of nitrogens with zero attached hydrogens (tertiary/aromatic N) is 2. The van der Waals surface area contributed by atoms with Crippen LogP contribution in [0, 0.1) is 5.92 Å². The van der Waals surface area contributed by atoms with E-state index in [4.69, 9.17) is 0 Å². The van der Waals surface area contributed by atoms with Gasteiger partial charge in [-0.15, -0.1) is 12.4 Å². The zero-order chi connectivity index (χ0) is 16.9. The van der Waals surface area contributed by atoms with Gasteiger partial charge in [0.2, 0.25) is 5.91 Å². The van der Waals surface area contributed by atoms with Gasteiger partial charge >= 0.3 is 0 Å². The molecule has 2 fully saturated rings. The lowest BCUT2D eigenvalue weighted by Gasteiger charge is -2.37. The van der Waals surface area contributed by atoms with Gasteiger partial charge in [-0.05, 0) is 63.8 Å². The zero-order valence-corrected chi connectivity index (χ0v) is 16.1. The molecule has 2 aliphatic rings. The Bertz CT molecular complexity index is 533. The monoisotopic (exact) mass is 366 g/mol. The first-order chi connectivity index (χ1) is 11.6. The Morgan fingerprint density at radius 2 is 1.96 bits per heavy atom. The van der Waals surface area contributed by atoms with Gasteiger partial charge in [-0.2, -0.15) is 0 Å². The van der Waals surface area contributed by atoms with E-state index >= 15 is 0 Å². The second-order valence-electron chi connectivity index (χ2n) is 7.35. The quantitative estimate of drug-likeness (QED) is 0.859. The molecule has 1 aromatic rings. The molecule has 0 bridgehead atoms. The van der Waals surface area contributed by atoms with Crippen molar-refractivity contribution in [2.45, 2.75) is 57.7 Å². The Hall–Kier alpha value is -1.17. The lowest BCUT2D eigenvalue weighted by molar-refractivity contribution is -0.127. The van der Waals surface area contributed by atoms with E-state index < -0.39 is 0 Å². The van der Waals surface area contributed by atoms with Crippen LogP contribution < -0.4 is 10.6 Å². The second kappa shape index (κ2) is 9.51. The largest absolute Gasteiger partial charge is 0.353 e. The Morgan fingerprint density at radius 1 is 1.28 bits per heavy atom. The molecule has 2 aliphatic heterocycles. The van der Waals surface area contributed by atoms with Crippen molar-refractivity contribution >= 4 is 18.3 Å². The first-order valence-corrected chi connectivity index (χ1v) is 9.31. The average Bonchev–Trinajstić information content (AvgIpc) is 2.62. The molecule has 0 aromatic carbocycles. The third-order valence-electron chi connectivity index (χ3n) is 5.61. The number of likely N-dealkylation sites (tertiary alicyclic amines) is 1. The molecule has 1 unspecified atom stereocenters. The van der Waals surface area contributed by atoms with Gasteiger partial charge in [-0.3, -0.25) is 14.7 Å². The summed E-state index contributed by atoms with van der Waals surface area (Å²) >= 11 is 0. The number of piperidine rings is 2. The highest BCUT2D eigenvalue weighted by molar-refractivity contribution is 5.85. The molecule has 3 rings (SSSR count). The summed E-state index contributed by atoms with van der Waals surface area (Å²) in [5, 5.41) is 6.72. The summed E-state index contributed by atoms with van der Waals surface area (Å²) in [5.41, 5.74) is 1.32. The number of nitrogens with one attached hydrogen (secondary N) is 2. The SMILES string of the molecule is CC(c1ccncc1)N1CCC(NC(=O)[C@H]2CCN[C@@H](C)C2)CC1.Cl. The van der Waals surface area contributed by atoms with E-state index in [0.29, 0.717) is 18.1 Å². The molecule has 2 saturated heterocycles. The zero-order valence-electron chi connectivity index (χ0n) is 15.3. The molecule has 140 valence electrons. The van der Waals surface area contributed by atoms with Gasteiger partial charge in [0.05, 0.1) is 0 Å². The fourth-order valence-electron chi connectivity index (χ4n) is 3.97. The van der Waals surface area contributed by atoms with Gasteiger partial charge < -0.3 is 10.6 Å².